The van der Waals surface area contributed by atoms with E-state index in [0.717, 1.165) is 23.0 Å². The highest BCUT2D eigenvalue weighted by Crippen LogP contribution is 2.22. The highest BCUT2D eigenvalue weighted by Gasteiger charge is 2.05. The van der Waals surface area contributed by atoms with Crippen molar-refractivity contribution in [2.75, 3.05) is 31.4 Å². The molecule has 0 atom stereocenters. The zero-order chi connectivity index (χ0) is 13.7. The monoisotopic (exact) mass is 277 g/mol. The van der Waals surface area contributed by atoms with Crippen LogP contribution in [0.3, 0.4) is 0 Å². The second-order valence-corrected chi connectivity index (χ2v) is 5.48. The van der Waals surface area contributed by atoms with E-state index in [9.17, 15) is 0 Å². The van der Waals surface area contributed by atoms with Crippen molar-refractivity contribution in [2.45, 2.75) is 11.6 Å². The molecule has 2 rings (SSSR count). The number of aromatic nitrogens is 2. The van der Waals surface area contributed by atoms with Gasteiger partial charge in [-0.1, -0.05) is 11.8 Å². The first-order valence-corrected chi connectivity index (χ1v) is 7.25. The lowest BCUT2D eigenvalue weighted by molar-refractivity contribution is 0.296. The number of aliphatic hydroxyl groups is 1. The van der Waals surface area contributed by atoms with Crippen molar-refractivity contribution in [2.24, 2.45) is 0 Å². The molecule has 1 aromatic heterocycles. The molecule has 0 aliphatic carbocycles. The predicted molar refractivity (Wildman–Crippen MR) is 80.3 cm³/mol. The van der Waals surface area contributed by atoms with E-state index >= 15 is 0 Å². The molecule has 0 aliphatic rings. The summed E-state index contributed by atoms with van der Waals surface area (Å²) in [4.78, 5) is 6.43. The molecule has 0 fully saturated rings. The third-order valence-corrected chi connectivity index (χ3v) is 3.84. The molecule has 0 saturated carbocycles. The average Bonchev–Trinajstić information content (AvgIpc) is 2.87. The summed E-state index contributed by atoms with van der Waals surface area (Å²) in [6.45, 7) is 0.227. The van der Waals surface area contributed by atoms with Gasteiger partial charge in [-0.3, -0.25) is 4.57 Å². The van der Waals surface area contributed by atoms with Gasteiger partial charge in [0, 0.05) is 50.2 Å². The van der Waals surface area contributed by atoms with Gasteiger partial charge in [0.2, 0.25) is 0 Å². The Morgan fingerprint density at radius 1 is 1.26 bits per heavy atom. The van der Waals surface area contributed by atoms with Crippen LogP contribution in [0.15, 0.2) is 41.8 Å². The normalized spacial score (nSPS) is 10.7. The fourth-order valence-electron chi connectivity index (χ4n) is 1.73. The van der Waals surface area contributed by atoms with Crippen molar-refractivity contribution in [1.29, 1.82) is 0 Å². The molecular weight excluding hydrogens is 258 g/mol. The number of hydrogen-bond donors (Lipinski definition) is 1. The number of rotatable bonds is 6. The van der Waals surface area contributed by atoms with Gasteiger partial charge in [0.25, 0.3) is 0 Å². The molecule has 102 valence electrons. The summed E-state index contributed by atoms with van der Waals surface area (Å²) >= 11 is 1.67. The summed E-state index contributed by atoms with van der Waals surface area (Å²) in [7, 11) is 4.06. The standard InChI is InChI=1S/C14H19N3OS/c1-16(2)12-4-6-13(7-5-12)17-9-8-15-14(17)19-11-3-10-18/h4-9,18H,3,10-11H2,1-2H3. The number of nitrogens with zero attached hydrogens (tertiary/aromatic N) is 3. The minimum absolute atomic E-state index is 0.227. The number of thioether (sulfide) groups is 1. The lowest BCUT2D eigenvalue weighted by atomic mass is 10.2. The molecule has 1 heterocycles. The second kappa shape index (κ2) is 6.63. The summed E-state index contributed by atoms with van der Waals surface area (Å²) in [6, 6.07) is 8.37. The summed E-state index contributed by atoms with van der Waals surface area (Å²) in [5.41, 5.74) is 2.29. The van der Waals surface area contributed by atoms with Gasteiger partial charge in [-0.05, 0) is 30.7 Å². The molecular formula is C14H19N3OS. The van der Waals surface area contributed by atoms with Gasteiger partial charge in [0.1, 0.15) is 0 Å². The summed E-state index contributed by atoms with van der Waals surface area (Å²) < 4.78 is 2.07. The molecule has 0 amide bonds. The van der Waals surface area contributed by atoms with E-state index in [2.05, 4.69) is 38.7 Å². The van der Waals surface area contributed by atoms with Crippen molar-refractivity contribution in [1.82, 2.24) is 9.55 Å². The van der Waals surface area contributed by atoms with Crippen LogP contribution < -0.4 is 4.90 Å². The van der Waals surface area contributed by atoms with Crippen LogP contribution in [-0.2, 0) is 0 Å². The number of aliphatic hydroxyl groups excluding tert-OH is 1. The lowest BCUT2D eigenvalue weighted by Crippen LogP contribution is -2.08. The second-order valence-electron chi connectivity index (χ2n) is 4.42. The molecule has 19 heavy (non-hydrogen) atoms. The van der Waals surface area contributed by atoms with Crippen molar-refractivity contribution >= 4 is 17.4 Å². The highest BCUT2D eigenvalue weighted by atomic mass is 32.2. The average molecular weight is 277 g/mol. The SMILES string of the molecule is CN(C)c1ccc(-n2ccnc2SCCCO)cc1. The van der Waals surface area contributed by atoms with E-state index in [0.29, 0.717) is 0 Å². The van der Waals surface area contributed by atoms with Crippen LogP contribution in [0.4, 0.5) is 5.69 Å². The molecule has 0 radical (unpaired) electrons. The molecule has 5 heteroatoms. The summed E-state index contributed by atoms with van der Waals surface area (Å²) in [6.07, 6.45) is 4.56. The molecule has 0 unspecified atom stereocenters. The van der Waals surface area contributed by atoms with Gasteiger partial charge < -0.3 is 10.0 Å². The number of anilines is 1. The zero-order valence-electron chi connectivity index (χ0n) is 11.3. The van der Waals surface area contributed by atoms with E-state index in [4.69, 9.17) is 5.11 Å². The number of hydrogen-bond acceptors (Lipinski definition) is 4. The highest BCUT2D eigenvalue weighted by molar-refractivity contribution is 7.99. The quantitative estimate of drug-likeness (QED) is 0.650. The van der Waals surface area contributed by atoms with Crippen LogP contribution in [0.25, 0.3) is 5.69 Å². The van der Waals surface area contributed by atoms with E-state index in [1.54, 1.807) is 18.0 Å². The van der Waals surface area contributed by atoms with Crippen LogP contribution in [0, 0.1) is 0 Å². The maximum atomic E-state index is 8.82. The molecule has 0 spiro atoms. The molecule has 0 aliphatic heterocycles. The molecule has 0 saturated heterocycles. The van der Waals surface area contributed by atoms with Crippen LogP contribution in [0.1, 0.15) is 6.42 Å². The third kappa shape index (κ3) is 3.52. The third-order valence-electron chi connectivity index (χ3n) is 2.78. The minimum atomic E-state index is 0.227. The molecule has 0 bridgehead atoms. The fraction of sp³-hybridized carbons (Fsp3) is 0.357. The molecule has 4 nitrogen and oxygen atoms in total. The first-order valence-electron chi connectivity index (χ1n) is 6.27. The molecule has 2 aromatic rings. The van der Waals surface area contributed by atoms with Crippen LogP contribution in [0.2, 0.25) is 0 Å². The Hall–Kier alpha value is -1.46. The number of benzene rings is 1. The summed E-state index contributed by atoms with van der Waals surface area (Å²) in [5.74, 6) is 0.878. The van der Waals surface area contributed by atoms with Gasteiger partial charge >= 0.3 is 0 Å². The van der Waals surface area contributed by atoms with Crippen LogP contribution in [-0.4, -0.2) is 41.1 Å². The van der Waals surface area contributed by atoms with Gasteiger partial charge in [-0.2, -0.15) is 0 Å². The first-order chi connectivity index (χ1) is 9.22. The fourth-order valence-corrected chi connectivity index (χ4v) is 2.63. The van der Waals surface area contributed by atoms with Gasteiger partial charge in [0.05, 0.1) is 0 Å². The zero-order valence-corrected chi connectivity index (χ0v) is 12.1. The van der Waals surface area contributed by atoms with Gasteiger partial charge in [0.15, 0.2) is 5.16 Å². The van der Waals surface area contributed by atoms with E-state index in [-0.39, 0.29) is 6.61 Å². The smallest absolute Gasteiger partial charge is 0.172 e. The Morgan fingerprint density at radius 3 is 2.63 bits per heavy atom. The summed E-state index contributed by atoms with van der Waals surface area (Å²) in [5, 5.41) is 9.78. The Bertz CT molecular complexity index is 508. The van der Waals surface area contributed by atoms with E-state index < -0.39 is 0 Å². The van der Waals surface area contributed by atoms with Crippen molar-refractivity contribution in [3.63, 3.8) is 0 Å². The van der Waals surface area contributed by atoms with Crippen LogP contribution in [0.5, 0.6) is 0 Å². The first kappa shape index (κ1) is 14.0. The Balaban J connectivity index is 2.15. The molecule has 1 aromatic carbocycles. The predicted octanol–water partition coefficient (Wildman–Crippen LogP) is 2.41. The maximum Gasteiger partial charge on any atom is 0.172 e. The minimum Gasteiger partial charge on any atom is -0.396 e. The molecule has 1 N–H and O–H groups in total. The van der Waals surface area contributed by atoms with Crippen molar-refractivity contribution < 1.29 is 5.11 Å². The largest absolute Gasteiger partial charge is 0.396 e. The number of imidazole rings is 1. The topological polar surface area (TPSA) is 41.3 Å². The van der Waals surface area contributed by atoms with Crippen molar-refractivity contribution in [3.05, 3.63) is 36.7 Å². The van der Waals surface area contributed by atoms with Crippen LogP contribution >= 0.6 is 11.8 Å². The Labute approximate surface area is 118 Å². The lowest BCUT2D eigenvalue weighted by Gasteiger charge is -2.13. The van der Waals surface area contributed by atoms with Gasteiger partial charge in [-0.25, -0.2) is 4.98 Å². The Morgan fingerprint density at radius 2 is 2.00 bits per heavy atom. The van der Waals surface area contributed by atoms with E-state index in [1.807, 2.05) is 20.3 Å². The Kier molecular flexibility index (Phi) is 4.87. The van der Waals surface area contributed by atoms with Gasteiger partial charge in [-0.15, -0.1) is 0 Å². The van der Waals surface area contributed by atoms with E-state index in [1.165, 1.54) is 5.69 Å². The van der Waals surface area contributed by atoms with Crippen molar-refractivity contribution in [3.8, 4) is 5.69 Å². The maximum absolute atomic E-state index is 8.82.